The SMILES string of the molecule is Cn1nncc1NCC1CCCC1Cl. The summed E-state index contributed by atoms with van der Waals surface area (Å²) < 4.78 is 1.73. The molecular weight excluding hydrogens is 200 g/mol. The molecule has 0 saturated heterocycles. The highest BCUT2D eigenvalue weighted by Crippen LogP contribution is 2.30. The van der Waals surface area contributed by atoms with E-state index < -0.39 is 0 Å². The lowest BCUT2D eigenvalue weighted by molar-refractivity contribution is 0.581. The first-order valence-corrected chi connectivity index (χ1v) is 5.43. The van der Waals surface area contributed by atoms with Gasteiger partial charge in [-0.2, -0.15) is 0 Å². The number of alkyl halides is 1. The fourth-order valence-electron chi connectivity index (χ4n) is 1.91. The summed E-state index contributed by atoms with van der Waals surface area (Å²) in [5.74, 6) is 1.55. The summed E-state index contributed by atoms with van der Waals surface area (Å²) in [7, 11) is 1.88. The van der Waals surface area contributed by atoms with Crippen molar-refractivity contribution in [1.82, 2.24) is 15.0 Å². The molecule has 0 amide bonds. The number of nitrogens with zero attached hydrogens (tertiary/aromatic N) is 3. The highest BCUT2D eigenvalue weighted by molar-refractivity contribution is 6.20. The number of nitrogens with one attached hydrogen (secondary N) is 1. The van der Waals surface area contributed by atoms with E-state index >= 15 is 0 Å². The van der Waals surface area contributed by atoms with E-state index in [2.05, 4.69) is 15.6 Å². The maximum atomic E-state index is 6.18. The normalized spacial score (nSPS) is 26.7. The van der Waals surface area contributed by atoms with Crippen LogP contribution < -0.4 is 5.32 Å². The first kappa shape index (κ1) is 9.77. The van der Waals surface area contributed by atoms with E-state index in [0.717, 1.165) is 18.8 Å². The lowest BCUT2D eigenvalue weighted by atomic mass is 10.1. The molecule has 0 spiro atoms. The second kappa shape index (κ2) is 4.17. The number of hydrogen-bond donors (Lipinski definition) is 1. The maximum absolute atomic E-state index is 6.18. The smallest absolute Gasteiger partial charge is 0.144 e. The fourth-order valence-corrected chi connectivity index (χ4v) is 2.28. The van der Waals surface area contributed by atoms with E-state index in [1.165, 1.54) is 12.8 Å². The zero-order valence-electron chi connectivity index (χ0n) is 8.28. The van der Waals surface area contributed by atoms with Gasteiger partial charge in [-0.15, -0.1) is 16.7 Å². The molecule has 0 bridgehead atoms. The van der Waals surface area contributed by atoms with Crippen molar-refractivity contribution >= 4 is 17.4 Å². The molecule has 0 aromatic carbocycles. The van der Waals surface area contributed by atoms with Crippen LogP contribution in [0.25, 0.3) is 0 Å². The van der Waals surface area contributed by atoms with Crippen molar-refractivity contribution < 1.29 is 0 Å². The van der Waals surface area contributed by atoms with Crippen LogP contribution in [0, 0.1) is 5.92 Å². The molecule has 14 heavy (non-hydrogen) atoms. The molecular formula is C9H15ClN4. The summed E-state index contributed by atoms with van der Waals surface area (Å²) in [5.41, 5.74) is 0. The zero-order valence-corrected chi connectivity index (χ0v) is 9.04. The standard InChI is InChI=1S/C9H15ClN4/c1-14-9(6-12-13-14)11-5-7-3-2-4-8(7)10/h6-8,11H,2-5H2,1H3. The Kier molecular flexibility index (Phi) is 2.91. The molecule has 1 aromatic heterocycles. The molecule has 0 radical (unpaired) electrons. The van der Waals surface area contributed by atoms with Crippen LogP contribution in [0.15, 0.2) is 6.20 Å². The lowest BCUT2D eigenvalue weighted by Crippen LogP contribution is -2.19. The molecule has 4 nitrogen and oxygen atoms in total. The minimum absolute atomic E-state index is 0.337. The van der Waals surface area contributed by atoms with E-state index in [-0.39, 0.29) is 0 Å². The van der Waals surface area contributed by atoms with Gasteiger partial charge in [0.05, 0.1) is 6.20 Å². The van der Waals surface area contributed by atoms with Gasteiger partial charge >= 0.3 is 0 Å². The third kappa shape index (κ3) is 2.00. The monoisotopic (exact) mass is 214 g/mol. The fraction of sp³-hybridized carbons (Fsp3) is 0.778. The van der Waals surface area contributed by atoms with Crippen molar-refractivity contribution in [1.29, 1.82) is 0 Å². The van der Waals surface area contributed by atoms with Crippen LogP contribution in [0.3, 0.4) is 0 Å². The largest absolute Gasteiger partial charge is 0.369 e. The zero-order chi connectivity index (χ0) is 9.97. The van der Waals surface area contributed by atoms with Crippen LogP contribution in [0.4, 0.5) is 5.82 Å². The van der Waals surface area contributed by atoms with E-state index in [4.69, 9.17) is 11.6 Å². The summed E-state index contributed by atoms with van der Waals surface area (Å²) in [5, 5.41) is 11.3. The number of aryl methyl sites for hydroxylation is 1. The topological polar surface area (TPSA) is 42.7 Å². The number of anilines is 1. The quantitative estimate of drug-likeness (QED) is 0.778. The molecule has 2 rings (SSSR count). The third-order valence-corrected chi connectivity index (χ3v) is 3.40. The molecule has 1 fully saturated rings. The van der Waals surface area contributed by atoms with Crippen molar-refractivity contribution in [2.24, 2.45) is 13.0 Å². The molecule has 5 heteroatoms. The van der Waals surface area contributed by atoms with E-state index in [1.54, 1.807) is 10.9 Å². The molecule has 2 atom stereocenters. The lowest BCUT2D eigenvalue weighted by Gasteiger charge is -2.14. The highest BCUT2D eigenvalue weighted by atomic mass is 35.5. The van der Waals surface area contributed by atoms with Crippen molar-refractivity contribution in [2.75, 3.05) is 11.9 Å². The Balaban J connectivity index is 1.85. The van der Waals surface area contributed by atoms with Crippen LogP contribution in [0.1, 0.15) is 19.3 Å². The summed E-state index contributed by atoms with van der Waals surface area (Å²) in [6.45, 7) is 0.926. The minimum Gasteiger partial charge on any atom is -0.369 e. The summed E-state index contributed by atoms with van der Waals surface area (Å²) in [4.78, 5) is 0. The van der Waals surface area contributed by atoms with Gasteiger partial charge in [0.25, 0.3) is 0 Å². The van der Waals surface area contributed by atoms with Crippen LogP contribution in [0.2, 0.25) is 0 Å². The van der Waals surface area contributed by atoms with E-state index in [0.29, 0.717) is 11.3 Å². The van der Waals surface area contributed by atoms with Crippen molar-refractivity contribution in [3.8, 4) is 0 Å². The Hall–Kier alpha value is -0.770. The summed E-state index contributed by atoms with van der Waals surface area (Å²) in [6.07, 6.45) is 5.37. The average Bonchev–Trinajstić information content (AvgIpc) is 2.72. The van der Waals surface area contributed by atoms with Gasteiger partial charge in [0.15, 0.2) is 0 Å². The predicted molar refractivity (Wildman–Crippen MR) is 56.5 cm³/mol. The summed E-state index contributed by atoms with van der Waals surface area (Å²) in [6, 6.07) is 0. The predicted octanol–water partition coefficient (Wildman–Crippen LogP) is 1.63. The Morgan fingerprint density at radius 1 is 1.64 bits per heavy atom. The molecule has 1 N–H and O–H groups in total. The van der Waals surface area contributed by atoms with Crippen LogP contribution in [-0.2, 0) is 7.05 Å². The molecule has 1 aliphatic carbocycles. The minimum atomic E-state index is 0.337. The van der Waals surface area contributed by atoms with Gasteiger partial charge in [-0.1, -0.05) is 11.6 Å². The molecule has 78 valence electrons. The van der Waals surface area contributed by atoms with Crippen LogP contribution in [0.5, 0.6) is 0 Å². The Labute approximate surface area is 88.6 Å². The van der Waals surface area contributed by atoms with Crippen molar-refractivity contribution in [2.45, 2.75) is 24.6 Å². The van der Waals surface area contributed by atoms with Gasteiger partial charge in [0.1, 0.15) is 5.82 Å². The molecule has 1 aromatic rings. The number of hydrogen-bond acceptors (Lipinski definition) is 3. The van der Waals surface area contributed by atoms with Crippen LogP contribution >= 0.6 is 11.6 Å². The van der Waals surface area contributed by atoms with Gasteiger partial charge in [-0.3, -0.25) is 0 Å². The van der Waals surface area contributed by atoms with Gasteiger partial charge in [0.2, 0.25) is 0 Å². The Morgan fingerprint density at radius 2 is 2.50 bits per heavy atom. The summed E-state index contributed by atoms with van der Waals surface area (Å²) >= 11 is 6.18. The van der Waals surface area contributed by atoms with Gasteiger partial charge in [-0.25, -0.2) is 4.68 Å². The van der Waals surface area contributed by atoms with E-state index in [9.17, 15) is 0 Å². The second-order valence-electron chi connectivity index (χ2n) is 3.83. The Morgan fingerprint density at radius 3 is 3.07 bits per heavy atom. The molecule has 1 aliphatic rings. The molecule has 2 unspecified atom stereocenters. The first-order chi connectivity index (χ1) is 6.77. The van der Waals surface area contributed by atoms with Gasteiger partial charge < -0.3 is 5.32 Å². The van der Waals surface area contributed by atoms with Crippen molar-refractivity contribution in [3.63, 3.8) is 0 Å². The Bertz CT molecular complexity index is 299. The molecule has 0 aliphatic heterocycles. The second-order valence-corrected chi connectivity index (χ2v) is 4.39. The molecule has 1 heterocycles. The third-order valence-electron chi connectivity index (χ3n) is 2.83. The van der Waals surface area contributed by atoms with E-state index in [1.807, 2.05) is 7.05 Å². The highest BCUT2D eigenvalue weighted by Gasteiger charge is 2.24. The molecule has 1 saturated carbocycles. The number of aromatic nitrogens is 3. The van der Waals surface area contributed by atoms with Crippen LogP contribution in [-0.4, -0.2) is 26.9 Å². The first-order valence-electron chi connectivity index (χ1n) is 5.00. The number of halogens is 1. The van der Waals surface area contributed by atoms with Gasteiger partial charge in [0, 0.05) is 19.0 Å². The van der Waals surface area contributed by atoms with Gasteiger partial charge in [-0.05, 0) is 18.8 Å². The maximum Gasteiger partial charge on any atom is 0.144 e. The van der Waals surface area contributed by atoms with Crippen molar-refractivity contribution in [3.05, 3.63) is 6.20 Å². The average molecular weight is 215 g/mol. The number of rotatable bonds is 3.